The number of rotatable bonds is 2. The Morgan fingerprint density at radius 3 is 2.56 bits per heavy atom. The van der Waals surface area contributed by atoms with E-state index in [1.54, 1.807) is 0 Å². The molecule has 0 aromatic carbocycles. The fourth-order valence-electron chi connectivity index (χ4n) is 2.45. The highest BCUT2D eigenvalue weighted by molar-refractivity contribution is 5.41. The summed E-state index contributed by atoms with van der Waals surface area (Å²) < 4.78 is 0. The first kappa shape index (κ1) is 10.1. The van der Waals surface area contributed by atoms with Gasteiger partial charge in [0.1, 0.15) is 5.82 Å². The Balaban J connectivity index is 1.64. The van der Waals surface area contributed by atoms with Gasteiger partial charge < -0.3 is 4.90 Å². The highest BCUT2D eigenvalue weighted by Gasteiger charge is 2.31. The van der Waals surface area contributed by atoms with Crippen LogP contribution in [-0.4, -0.2) is 42.1 Å². The van der Waals surface area contributed by atoms with Crippen molar-refractivity contribution in [1.29, 1.82) is 0 Å². The zero-order valence-electron chi connectivity index (χ0n) is 9.89. The molecule has 1 saturated heterocycles. The van der Waals surface area contributed by atoms with E-state index in [4.69, 9.17) is 0 Å². The molecule has 0 N–H and O–H groups in total. The molecule has 2 heterocycles. The van der Waals surface area contributed by atoms with Crippen LogP contribution in [-0.2, 0) is 0 Å². The van der Waals surface area contributed by atoms with Gasteiger partial charge in [0.2, 0.25) is 0 Å². The highest BCUT2D eigenvalue weighted by Crippen LogP contribution is 2.28. The zero-order valence-corrected chi connectivity index (χ0v) is 9.89. The van der Waals surface area contributed by atoms with Crippen molar-refractivity contribution in [3.05, 3.63) is 23.9 Å². The Labute approximate surface area is 97.1 Å². The fraction of sp³-hybridized carbons (Fsp3) is 0.615. The monoisotopic (exact) mass is 217 g/mol. The maximum Gasteiger partial charge on any atom is 0.128 e. The van der Waals surface area contributed by atoms with Crippen LogP contribution in [0.25, 0.3) is 0 Å². The van der Waals surface area contributed by atoms with Crippen LogP contribution in [0.5, 0.6) is 0 Å². The van der Waals surface area contributed by atoms with Crippen molar-refractivity contribution < 1.29 is 0 Å². The van der Waals surface area contributed by atoms with Crippen molar-refractivity contribution in [2.75, 3.05) is 31.1 Å². The molecule has 3 nitrogen and oxygen atoms in total. The van der Waals surface area contributed by atoms with E-state index in [-0.39, 0.29) is 0 Å². The van der Waals surface area contributed by atoms with E-state index in [2.05, 4.69) is 33.8 Å². The number of aromatic nitrogens is 1. The number of hydrogen-bond acceptors (Lipinski definition) is 3. The molecule has 0 bridgehead atoms. The minimum absolute atomic E-state index is 0.910. The number of pyridine rings is 1. The van der Waals surface area contributed by atoms with E-state index in [0.29, 0.717) is 0 Å². The number of piperazine rings is 1. The second kappa shape index (κ2) is 4.06. The molecule has 3 heteroatoms. The summed E-state index contributed by atoms with van der Waals surface area (Å²) in [6.07, 6.45) is 4.75. The van der Waals surface area contributed by atoms with Crippen molar-refractivity contribution >= 4 is 5.82 Å². The van der Waals surface area contributed by atoms with Gasteiger partial charge in [-0.25, -0.2) is 4.98 Å². The molecule has 1 aliphatic carbocycles. The van der Waals surface area contributed by atoms with Gasteiger partial charge in [-0.3, -0.25) is 4.90 Å². The van der Waals surface area contributed by atoms with Crippen molar-refractivity contribution in [2.24, 2.45) is 0 Å². The van der Waals surface area contributed by atoms with Crippen molar-refractivity contribution in [1.82, 2.24) is 9.88 Å². The van der Waals surface area contributed by atoms with E-state index >= 15 is 0 Å². The smallest absolute Gasteiger partial charge is 0.128 e. The van der Waals surface area contributed by atoms with Crippen LogP contribution in [0.4, 0.5) is 5.82 Å². The number of anilines is 1. The molecule has 0 unspecified atom stereocenters. The Kier molecular flexibility index (Phi) is 2.56. The van der Waals surface area contributed by atoms with E-state index in [0.717, 1.165) is 24.9 Å². The molecule has 2 aliphatic rings. The van der Waals surface area contributed by atoms with E-state index < -0.39 is 0 Å². The van der Waals surface area contributed by atoms with Gasteiger partial charge in [-0.15, -0.1) is 0 Å². The third kappa shape index (κ3) is 2.05. The molecule has 2 fully saturated rings. The summed E-state index contributed by atoms with van der Waals surface area (Å²) in [6, 6.07) is 5.16. The van der Waals surface area contributed by atoms with Crippen LogP contribution >= 0.6 is 0 Å². The summed E-state index contributed by atoms with van der Waals surface area (Å²) in [6.45, 7) is 6.81. The molecule has 0 atom stereocenters. The standard InChI is InChI=1S/C13H19N3/c1-11-4-5-14-13(10-11)16-8-6-15(7-9-16)12-2-3-12/h4-5,10,12H,2-3,6-9H2,1H3. The minimum atomic E-state index is 0.910. The normalized spacial score (nSPS) is 22.4. The topological polar surface area (TPSA) is 19.4 Å². The molecule has 1 saturated carbocycles. The predicted octanol–water partition coefficient (Wildman–Crippen LogP) is 1.67. The van der Waals surface area contributed by atoms with E-state index in [9.17, 15) is 0 Å². The van der Waals surface area contributed by atoms with Crippen LogP contribution in [0, 0.1) is 6.92 Å². The second-order valence-electron chi connectivity index (χ2n) is 4.95. The molecule has 0 amide bonds. The molecule has 16 heavy (non-hydrogen) atoms. The van der Waals surface area contributed by atoms with Crippen molar-refractivity contribution in [2.45, 2.75) is 25.8 Å². The third-order valence-corrected chi connectivity index (χ3v) is 3.60. The van der Waals surface area contributed by atoms with E-state index in [1.807, 2.05) is 6.20 Å². The number of nitrogens with zero attached hydrogens (tertiary/aromatic N) is 3. The Hall–Kier alpha value is -1.09. The SMILES string of the molecule is Cc1ccnc(N2CCN(C3CC3)CC2)c1. The van der Waals surface area contributed by atoms with Gasteiger partial charge in [-0.2, -0.15) is 0 Å². The van der Waals surface area contributed by atoms with Gasteiger partial charge in [-0.05, 0) is 37.5 Å². The van der Waals surface area contributed by atoms with E-state index in [1.165, 1.54) is 31.5 Å². The van der Waals surface area contributed by atoms with Crippen molar-refractivity contribution in [3.8, 4) is 0 Å². The second-order valence-corrected chi connectivity index (χ2v) is 4.95. The lowest BCUT2D eigenvalue weighted by molar-refractivity contribution is 0.247. The summed E-state index contributed by atoms with van der Waals surface area (Å²) in [5, 5.41) is 0. The lowest BCUT2D eigenvalue weighted by Gasteiger charge is -2.35. The first-order valence-electron chi connectivity index (χ1n) is 6.24. The maximum atomic E-state index is 4.46. The summed E-state index contributed by atoms with van der Waals surface area (Å²) in [5.41, 5.74) is 1.30. The first-order valence-corrected chi connectivity index (χ1v) is 6.24. The maximum absolute atomic E-state index is 4.46. The van der Waals surface area contributed by atoms with Gasteiger partial charge in [0.25, 0.3) is 0 Å². The van der Waals surface area contributed by atoms with Gasteiger partial charge in [0, 0.05) is 38.4 Å². The summed E-state index contributed by atoms with van der Waals surface area (Å²) in [5.74, 6) is 1.15. The lowest BCUT2D eigenvalue weighted by atomic mass is 10.2. The average Bonchev–Trinajstić information content (AvgIpc) is 3.13. The number of aryl methyl sites for hydroxylation is 1. The largest absolute Gasteiger partial charge is 0.354 e. The molecular weight excluding hydrogens is 198 g/mol. The molecule has 1 aromatic rings. The van der Waals surface area contributed by atoms with Crippen LogP contribution in [0.2, 0.25) is 0 Å². The summed E-state index contributed by atoms with van der Waals surface area (Å²) in [4.78, 5) is 9.50. The fourth-order valence-corrected chi connectivity index (χ4v) is 2.45. The third-order valence-electron chi connectivity index (χ3n) is 3.60. The Bertz CT molecular complexity index is 365. The Morgan fingerprint density at radius 2 is 1.94 bits per heavy atom. The molecule has 0 spiro atoms. The van der Waals surface area contributed by atoms with Crippen LogP contribution in [0.3, 0.4) is 0 Å². The lowest BCUT2D eigenvalue weighted by Crippen LogP contribution is -2.47. The number of hydrogen-bond donors (Lipinski definition) is 0. The van der Waals surface area contributed by atoms with Gasteiger partial charge in [0.15, 0.2) is 0 Å². The van der Waals surface area contributed by atoms with Crippen LogP contribution < -0.4 is 4.90 Å². The highest BCUT2D eigenvalue weighted by atomic mass is 15.3. The minimum Gasteiger partial charge on any atom is -0.354 e. The predicted molar refractivity (Wildman–Crippen MR) is 65.8 cm³/mol. The molecule has 3 rings (SSSR count). The molecule has 1 aromatic heterocycles. The average molecular weight is 217 g/mol. The molecule has 1 aliphatic heterocycles. The quantitative estimate of drug-likeness (QED) is 0.751. The van der Waals surface area contributed by atoms with Gasteiger partial charge in [0.05, 0.1) is 0 Å². The molecular formula is C13H19N3. The van der Waals surface area contributed by atoms with Crippen LogP contribution in [0.15, 0.2) is 18.3 Å². The van der Waals surface area contributed by atoms with Crippen molar-refractivity contribution in [3.63, 3.8) is 0 Å². The molecule has 86 valence electrons. The first-order chi connectivity index (χ1) is 7.83. The summed E-state index contributed by atoms with van der Waals surface area (Å²) in [7, 11) is 0. The molecule has 0 radical (unpaired) electrons. The van der Waals surface area contributed by atoms with Gasteiger partial charge in [-0.1, -0.05) is 0 Å². The Morgan fingerprint density at radius 1 is 1.19 bits per heavy atom. The summed E-state index contributed by atoms with van der Waals surface area (Å²) >= 11 is 0. The van der Waals surface area contributed by atoms with Gasteiger partial charge >= 0.3 is 0 Å². The van der Waals surface area contributed by atoms with Crippen LogP contribution in [0.1, 0.15) is 18.4 Å². The zero-order chi connectivity index (χ0) is 11.0.